The first-order chi connectivity index (χ1) is 12.0. The van der Waals surface area contributed by atoms with Gasteiger partial charge in [-0.15, -0.1) is 0 Å². The van der Waals surface area contributed by atoms with E-state index in [9.17, 15) is 8.12 Å². The van der Waals surface area contributed by atoms with Crippen LogP contribution < -0.4 is 0 Å². The average molecular weight is 391 g/mol. The van der Waals surface area contributed by atoms with Crippen LogP contribution in [-0.4, -0.2) is 17.3 Å². The molecule has 5 heteroatoms. The standard InChI is InChI=1S/C18H35O.C2H4O2.O.Ti/c1-18(2)16-14-12-10-8-6-4-3-5-7-9-11-13-15-17-19;3-1-2-4;;/h18H,3-16H2,1-2H3;1-2H2;;/q;-2;;+2. The zero-order chi connectivity index (χ0) is 18.4. The number of carbonyl (C=O) groups is 1. The summed E-state index contributed by atoms with van der Waals surface area (Å²) < 4.78 is 21.8. The van der Waals surface area contributed by atoms with Crippen molar-refractivity contribution >= 4 is 4.09 Å². The minimum atomic E-state index is -4.21. The van der Waals surface area contributed by atoms with Gasteiger partial charge in [0.15, 0.2) is 0 Å². The van der Waals surface area contributed by atoms with Crippen molar-refractivity contribution in [1.29, 1.82) is 0 Å². The van der Waals surface area contributed by atoms with E-state index in [2.05, 4.69) is 13.8 Å². The Morgan fingerprint density at radius 1 is 0.760 bits per heavy atom. The third kappa shape index (κ3) is 11.4. The van der Waals surface area contributed by atoms with Gasteiger partial charge in [0, 0.05) is 0 Å². The normalized spacial score (nSPS) is 16.6. The molecule has 1 aliphatic rings. The molecule has 147 valence electrons. The molecule has 0 aromatic rings. The molecule has 0 aromatic heterocycles. The first kappa shape index (κ1) is 23.1. The van der Waals surface area contributed by atoms with Crippen molar-refractivity contribution in [2.24, 2.45) is 5.92 Å². The average Bonchev–Trinajstić information content (AvgIpc) is 3.02. The fraction of sp³-hybridized carbons (Fsp3) is 0.950. The first-order valence-electron chi connectivity index (χ1n) is 10.6. The van der Waals surface area contributed by atoms with Crippen molar-refractivity contribution in [2.45, 2.75) is 104 Å². The molecule has 4 nitrogen and oxygen atoms in total. The Morgan fingerprint density at radius 2 is 1.16 bits per heavy atom. The molecule has 0 aliphatic carbocycles. The monoisotopic (exact) mass is 391 g/mol. The summed E-state index contributed by atoms with van der Waals surface area (Å²) in [6, 6.07) is 0. The second-order valence-corrected chi connectivity index (χ2v) is 11.4. The second-order valence-electron chi connectivity index (χ2n) is 7.85. The molecule has 1 aliphatic heterocycles. The van der Waals surface area contributed by atoms with E-state index in [4.69, 9.17) is 6.64 Å². The molecular weight excluding hydrogens is 352 g/mol. The summed E-state index contributed by atoms with van der Waals surface area (Å²) in [6.07, 6.45) is 17.0. The van der Waals surface area contributed by atoms with E-state index < -0.39 is 17.3 Å². The minimum absolute atomic E-state index is 0.258. The summed E-state index contributed by atoms with van der Waals surface area (Å²) >= 11 is -4.21. The Kier molecular flexibility index (Phi) is 13.1. The van der Waals surface area contributed by atoms with Crippen LogP contribution in [0.4, 0.5) is 0 Å². The van der Waals surface area contributed by atoms with Gasteiger partial charge in [0.05, 0.1) is 0 Å². The van der Waals surface area contributed by atoms with E-state index in [0.717, 1.165) is 18.8 Å². The van der Waals surface area contributed by atoms with Gasteiger partial charge in [-0.05, 0) is 5.92 Å². The molecule has 0 aromatic carbocycles. The van der Waals surface area contributed by atoms with Gasteiger partial charge >= 0.3 is 120 Å². The molecule has 0 unspecified atom stereocenters. The summed E-state index contributed by atoms with van der Waals surface area (Å²) in [7, 11) is 0. The van der Waals surface area contributed by atoms with Crippen LogP contribution >= 0.6 is 0 Å². The van der Waals surface area contributed by atoms with Gasteiger partial charge in [-0.2, -0.15) is 0 Å². The third-order valence-corrected chi connectivity index (χ3v) is 8.23. The Bertz CT molecular complexity index is 385. The molecule has 0 radical (unpaired) electrons. The van der Waals surface area contributed by atoms with Crippen molar-refractivity contribution in [2.75, 3.05) is 13.2 Å². The molecular formula is C20H39O4Ti. The summed E-state index contributed by atoms with van der Waals surface area (Å²) in [5.41, 5.74) is 0. The summed E-state index contributed by atoms with van der Waals surface area (Å²) in [4.78, 5) is 11.8. The SMILES string of the molecule is CC(C)CCCCCCCCCCCCCC[C](=O)[Ti]1(=[O])[O]CC[O]1. The fourth-order valence-electron chi connectivity index (χ4n) is 3.31. The van der Waals surface area contributed by atoms with Gasteiger partial charge in [0.25, 0.3) is 0 Å². The van der Waals surface area contributed by atoms with Crippen molar-refractivity contribution in [3.63, 3.8) is 0 Å². The predicted molar refractivity (Wildman–Crippen MR) is 97.1 cm³/mol. The number of rotatable bonds is 16. The van der Waals surface area contributed by atoms with Crippen LogP contribution in [-0.2, 0) is 32.1 Å². The summed E-state index contributed by atoms with van der Waals surface area (Å²) in [5, 5.41) is 0. The van der Waals surface area contributed by atoms with E-state index >= 15 is 0 Å². The number of hydrogen-bond acceptors (Lipinski definition) is 4. The molecule has 0 saturated carbocycles. The number of carbonyl (C=O) groups excluding carboxylic acids is 1. The van der Waals surface area contributed by atoms with E-state index in [1.165, 1.54) is 70.6 Å². The van der Waals surface area contributed by atoms with Gasteiger partial charge in [-0.1, -0.05) is 33.1 Å². The zero-order valence-electron chi connectivity index (χ0n) is 16.5. The first-order valence-corrected chi connectivity index (χ1v) is 13.3. The zero-order valence-corrected chi connectivity index (χ0v) is 18.1. The van der Waals surface area contributed by atoms with Crippen molar-refractivity contribution in [3.05, 3.63) is 0 Å². The van der Waals surface area contributed by atoms with Crippen molar-refractivity contribution in [1.82, 2.24) is 0 Å². The van der Waals surface area contributed by atoms with E-state index in [-0.39, 0.29) is 4.09 Å². The predicted octanol–water partition coefficient (Wildman–Crippen LogP) is 6.01. The quantitative estimate of drug-likeness (QED) is 0.239. The van der Waals surface area contributed by atoms with Crippen LogP contribution in [0.5, 0.6) is 0 Å². The van der Waals surface area contributed by atoms with E-state index in [1.807, 2.05) is 0 Å². The second kappa shape index (κ2) is 14.2. The molecule has 1 rings (SSSR count). The van der Waals surface area contributed by atoms with E-state index in [1.54, 1.807) is 0 Å². The van der Waals surface area contributed by atoms with Gasteiger partial charge in [-0.3, -0.25) is 0 Å². The Labute approximate surface area is 159 Å². The molecule has 1 fully saturated rings. The molecule has 0 bridgehead atoms. The van der Waals surface area contributed by atoms with Crippen LogP contribution in [0.2, 0.25) is 0 Å². The molecule has 0 amide bonds. The van der Waals surface area contributed by atoms with Crippen LogP contribution in [0, 0.1) is 5.92 Å². The van der Waals surface area contributed by atoms with Gasteiger partial charge in [0.1, 0.15) is 0 Å². The molecule has 0 N–H and O–H groups in total. The fourth-order valence-corrected chi connectivity index (χ4v) is 5.80. The van der Waals surface area contributed by atoms with Gasteiger partial charge in [0.2, 0.25) is 0 Å². The van der Waals surface area contributed by atoms with Crippen molar-refractivity contribution < 1.29 is 32.1 Å². The third-order valence-electron chi connectivity index (χ3n) is 4.94. The maximum atomic E-state index is 12.0. The maximum absolute atomic E-state index is 12.0. The Morgan fingerprint density at radius 3 is 1.60 bits per heavy atom. The molecule has 0 spiro atoms. The Hall–Kier alpha value is 0.104. The molecule has 1 saturated heterocycles. The summed E-state index contributed by atoms with van der Waals surface area (Å²) in [6.45, 7) is 5.23. The number of hydrogen-bond donors (Lipinski definition) is 0. The van der Waals surface area contributed by atoms with Crippen LogP contribution in [0.3, 0.4) is 0 Å². The van der Waals surface area contributed by atoms with E-state index in [0.29, 0.717) is 19.6 Å². The molecule has 1 heterocycles. The Balaban J connectivity index is 1.79. The van der Waals surface area contributed by atoms with Gasteiger partial charge in [-0.25, -0.2) is 0 Å². The summed E-state index contributed by atoms with van der Waals surface area (Å²) in [5.74, 6) is 0.853. The molecule has 0 atom stereocenters. The molecule has 25 heavy (non-hydrogen) atoms. The van der Waals surface area contributed by atoms with Gasteiger partial charge < -0.3 is 0 Å². The topological polar surface area (TPSA) is 52.6 Å². The van der Waals surface area contributed by atoms with Crippen LogP contribution in [0.15, 0.2) is 0 Å². The van der Waals surface area contributed by atoms with Crippen LogP contribution in [0.1, 0.15) is 104 Å². The number of unbranched alkanes of at least 4 members (excludes halogenated alkanes) is 11. The van der Waals surface area contributed by atoms with Crippen LogP contribution in [0.25, 0.3) is 0 Å². The van der Waals surface area contributed by atoms with Crippen molar-refractivity contribution in [3.8, 4) is 0 Å².